The average Bonchev–Trinajstić information content (AvgIpc) is 2.95. The van der Waals surface area contributed by atoms with Crippen LogP contribution in [0.5, 0.6) is 0 Å². The van der Waals surface area contributed by atoms with E-state index in [-0.39, 0.29) is 12.2 Å². The van der Waals surface area contributed by atoms with Gasteiger partial charge in [-0.05, 0) is 64.2 Å². The number of unbranched alkanes of at least 4 members (excludes halogenated alkanes) is 16. The highest BCUT2D eigenvalue weighted by Gasteiger charge is 2.02. The summed E-state index contributed by atoms with van der Waals surface area (Å²) >= 11 is 0. The maximum absolute atomic E-state index is 10.3. The third-order valence-electron chi connectivity index (χ3n) is 7.45. The number of aliphatic carboxylic acids is 2. The van der Waals surface area contributed by atoms with Gasteiger partial charge in [0.25, 0.3) is 0 Å². The summed E-state index contributed by atoms with van der Waals surface area (Å²) in [4.78, 5) is 20.7. The quantitative estimate of drug-likeness (QED) is 0.0484. The fourth-order valence-corrected chi connectivity index (χ4v) is 4.73. The largest absolute Gasteiger partial charge is 0.481 e. The fraction of sp³-hybridized carbons (Fsp3) is 0.833. The Hall–Kier alpha value is -1.66. The van der Waals surface area contributed by atoms with Crippen LogP contribution in [-0.2, 0) is 9.59 Å². The van der Waals surface area contributed by atoms with Crippen molar-refractivity contribution in [2.45, 2.75) is 193 Å². The van der Waals surface area contributed by atoms with Crippen LogP contribution in [0.25, 0.3) is 0 Å². The Morgan fingerprint density at radius 1 is 0.476 bits per heavy atom. The second-order valence-electron chi connectivity index (χ2n) is 11.8. The minimum Gasteiger partial charge on any atom is -0.481 e. The van der Waals surface area contributed by atoms with Crippen molar-refractivity contribution in [3.05, 3.63) is 24.3 Å². The Balaban J connectivity index is 0. The number of aliphatic hydroxyl groups excluding tert-OH is 2. The van der Waals surface area contributed by atoms with Crippen molar-refractivity contribution in [2.75, 3.05) is 0 Å². The van der Waals surface area contributed by atoms with E-state index in [1.54, 1.807) is 0 Å². The number of aliphatic hydroxyl groups is 2. The lowest BCUT2D eigenvalue weighted by atomic mass is 10.1. The minimum atomic E-state index is -0.689. The zero-order valence-electron chi connectivity index (χ0n) is 27.5. The van der Waals surface area contributed by atoms with Crippen LogP contribution < -0.4 is 0 Å². The Labute approximate surface area is 259 Å². The molecule has 0 saturated carbocycles. The normalized spacial score (nSPS) is 12.9. The summed E-state index contributed by atoms with van der Waals surface area (Å²) in [6.07, 6.45) is 34.7. The molecule has 0 bridgehead atoms. The van der Waals surface area contributed by atoms with Gasteiger partial charge >= 0.3 is 11.9 Å². The van der Waals surface area contributed by atoms with Gasteiger partial charge in [0.15, 0.2) is 0 Å². The van der Waals surface area contributed by atoms with Crippen LogP contribution in [0.1, 0.15) is 181 Å². The van der Waals surface area contributed by atoms with Gasteiger partial charge in [-0.3, -0.25) is 9.59 Å². The van der Waals surface area contributed by atoms with Gasteiger partial charge in [0.2, 0.25) is 0 Å². The van der Waals surface area contributed by atoms with Gasteiger partial charge in [0.1, 0.15) is 0 Å². The Morgan fingerprint density at radius 2 is 0.810 bits per heavy atom. The van der Waals surface area contributed by atoms with Crippen LogP contribution in [-0.4, -0.2) is 44.6 Å². The summed E-state index contributed by atoms with van der Waals surface area (Å²) in [5.74, 6) is -1.38. The molecule has 0 aliphatic rings. The molecule has 0 saturated heterocycles. The standard InChI is InChI=1S/2C18H34O3/c2*1-2-3-4-11-14-17(19)15-12-9-7-5-6-8-10-13-16-18(20)21/h2*9,12,17,19H,2-8,10-11,13-16H2,1H3,(H,20,21)/b2*12-9-/t17-;/m1./s1. The van der Waals surface area contributed by atoms with E-state index in [9.17, 15) is 19.8 Å². The number of hydrogen-bond donors (Lipinski definition) is 4. The van der Waals surface area contributed by atoms with Crippen LogP contribution in [0.2, 0.25) is 0 Å². The molecule has 0 heterocycles. The fourth-order valence-electron chi connectivity index (χ4n) is 4.73. The number of carbonyl (C=O) groups is 2. The van der Waals surface area contributed by atoms with E-state index in [4.69, 9.17) is 10.2 Å². The highest BCUT2D eigenvalue weighted by molar-refractivity contribution is 5.66. The van der Waals surface area contributed by atoms with Crippen LogP contribution in [0, 0.1) is 0 Å². The van der Waals surface area contributed by atoms with E-state index >= 15 is 0 Å². The summed E-state index contributed by atoms with van der Waals surface area (Å²) in [5.41, 5.74) is 0. The first kappa shape index (κ1) is 42.5. The second kappa shape index (κ2) is 35.5. The molecule has 0 aromatic carbocycles. The molecule has 0 aliphatic carbocycles. The Kier molecular flexibility index (Phi) is 35.9. The number of rotatable bonds is 30. The average molecular weight is 597 g/mol. The van der Waals surface area contributed by atoms with Crippen molar-refractivity contribution in [1.82, 2.24) is 0 Å². The first-order valence-electron chi connectivity index (χ1n) is 17.4. The summed E-state index contributed by atoms with van der Waals surface area (Å²) in [6.45, 7) is 4.40. The second-order valence-corrected chi connectivity index (χ2v) is 11.8. The molecule has 1 unspecified atom stereocenters. The zero-order valence-corrected chi connectivity index (χ0v) is 27.5. The highest BCUT2D eigenvalue weighted by atomic mass is 16.4. The number of hydrogen-bond acceptors (Lipinski definition) is 4. The van der Waals surface area contributed by atoms with Crippen molar-refractivity contribution in [3.8, 4) is 0 Å². The molecule has 0 aliphatic heterocycles. The van der Waals surface area contributed by atoms with Gasteiger partial charge in [0, 0.05) is 12.8 Å². The molecule has 42 heavy (non-hydrogen) atoms. The minimum absolute atomic E-state index is 0.172. The lowest BCUT2D eigenvalue weighted by Crippen LogP contribution is -2.04. The maximum atomic E-state index is 10.3. The van der Waals surface area contributed by atoms with Gasteiger partial charge < -0.3 is 20.4 Å². The van der Waals surface area contributed by atoms with Crippen molar-refractivity contribution < 1.29 is 30.0 Å². The first-order chi connectivity index (χ1) is 20.3. The van der Waals surface area contributed by atoms with Crippen molar-refractivity contribution in [2.24, 2.45) is 0 Å². The summed E-state index contributed by atoms with van der Waals surface area (Å²) < 4.78 is 0. The van der Waals surface area contributed by atoms with Crippen molar-refractivity contribution in [3.63, 3.8) is 0 Å². The molecule has 0 amide bonds. The van der Waals surface area contributed by atoms with Crippen LogP contribution >= 0.6 is 0 Å². The predicted molar refractivity (Wildman–Crippen MR) is 177 cm³/mol. The molecule has 0 spiro atoms. The predicted octanol–water partition coefficient (Wildman–Crippen LogP) is 10.2. The van der Waals surface area contributed by atoms with E-state index < -0.39 is 11.9 Å². The van der Waals surface area contributed by atoms with E-state index in [1.807, 2.05) is 0 Å². The van der Waals surface area contributed by atoms with Gasteiger partial charge in [-0.1, -0.05) is 128 Å². The molecule has 6 heteroatoms. The molecule has 0 radical (unpaired) electrons. The highest BCUT2D eigenvalue weighted by Crippen LogP contribution is 2.12. The number of carboxylic acids is 2. The molecule has 2 atom stereocenters. The third kappa shape index (κ3) is 40.5. The number of carboxylic acid groups (broad SMARTS) is 2. The summed E-state index contributed by atoms with van der Waals surface area (Å²) in [5, 5.41) is 36.6. The third-order valence-corrected chi connectivity index (χ3v) is 7.45. The molecular weight excluding hydrogens is 528 g/mol. The van der Waals surface area contributed by atoms with Gasteiger partial charge in [-0.2, -0.15) is 0 Å². The number of allylic oxidation sites excluding steroid dienone is 2. The monoisotopic (exact) mass is 597 g/mol. The molecule has 0 aromatic rings. The molecular formula is C36H68O6. The summed E-state index contributed by atoms with van der Waals surface area (Å²) in [6, 6.07) is 0. The maximum Gasteiger partial charge on any atom is 0.303 e. The van der Waals surface area contributed by atoms with Gasteiger partial charge in [-0.15, -0.1) is 0 Å². The first-order valence-corrected chi connectivity index (χ1v) is 17.4. The summed E-state index contributed by atoms with van der Waals surface area (Å²) in [7, 11) is 0. The van der Waals surface area contributed by atoms with E-state index in [0.29, 0.717) is 12.8 Å². The Bertz CT molecular complexity index is 576. The van der Waals surface area contributed by atoms with Crippen molar-refractivity contribution >= 4 is 11.9 Å². The SMILES string of the molecule is CCCCCCC(O)C/C=C\CCCCCCCC(=O)O.CCCCCC[C@@H](O)C/C=C\CCCCCCCC(=O)O. The van der Waals surface area contributed by atoms with E-state index in [0.717, 1.165) is 103 Å². The van der Waals surface area contributed by atoms with Gasteiger partial charge in [0.05, 0.1) is 12.2 Å². The Morgan fingerprint density at radius 3 is 1.17 bits per heavy atom. The zero-order chi connectivity index (χ0) is 31.5. The molecule has 4 N–H and O–H groups in total. The lowest BCUT2D eigenvalue weighted by Gasteiger charge is -2.07. The molecule has 0 aromatic heterocycles. The van der Waals surface area contributed by atoms with Gasteiger partial charge in [-0.25, -0.2) is 0 Å². The molecule has 6 nitrogen and oxygen atoms in total. The molecule has 0 rings (SSSR count). The van der Waals surface area contributed by atoms with Crippen LogP contribution in [0.4, 0.5) is 0 Å². The van der Waals surface area contributed by atoms with Crippen molar-refractivity contribution in [1.29, 1.82) is 0 Å². The van der Waals surface area contributed by atoms with E-state index in [1.165, 1.54) is 51.4 Å². The lowest BCUT2D eigenvalue weighted by molar-refractivity contribution is -0.138. The van der Waals surface area contributed by atoms with Crippen LogP contribution in [0.15, 0.2) is 24.3 Å². The molecule has 0 fully saturated rings. The van der Waals surface area contributed by atoms with E-state index in [2.05, 4.69) is 38.2 Å². The topological polar surface area (TPSA) is 115 Å². The van der Waals surface area contributed by atoms with Crippen LogP contribution in [0.3, 0.4) is 0 Å². The molecule has 248 valence electrons. The smallest absolute Gasteiger partial charge is 0.303 e.